The molecule has 3 aromatic carbocycles. The van der Waals surface area contributed by atoms with Gasteiger partial charge in [0.1, 0.15) is 17.2 Å². The summed E-state index contributed by atoms with van der Waals surface area (Å²) in [5.74, 6) is 1.36. The number of ether oxygens (including phenoxy) is 2. The van der Waals surface area contributed by atoms with Gasteiger partial charge in [-0.2, -0.15) is 5.10 Å². The zero-order chi connectivity index (χ0) is 23.6. The first-order valence-electron chi connectivity index (χ1n) is 10.8. The Labute approximate surface area is 194 Å². The van der Waals surface area contributed by atoms with Crippen LogP contribution in [-0.2, 0) is 5.41 Å². The van der Waals surface area contributed by atoms with Gasteiger partial charge in [0.25, 0.3) is 5.91 Å². The monoisotopic (exact) mass is 440 g/mol. The third-order valence-electron chi connectivity index (χ3n) is 5.68. The maximum Gasteiger partial charge on any atom is 0.278 e. The number of rotatable bonds is 5. The van der Waals surface area contributed by atoms with E-state index in [1.165, 1.54) is 10.2 Å². The van der Waals surface area contributed by atoms with Crippen molar-refractivity contribution in [1.29, 1.82) is 0 Å². The molecule has 5 heteroatoms. The highest BCUT2D eigenvalue weighted by Gasteiger charge is 2.19. The second kappa shape index (κ2) is 8.94. The fourth-order valence-electron chi connectivity index (χ4n) is 3.67. The lowest BCUT2D eigenvalue weighted by atomic mass is 9.87. The Hall–Kier alpha value is -3.86. The zero-order valence-electron chi connectivity index (χ0n) is 19.6. The Morgan fingerprint density at radius 3 is 1.76 bits per heavy atom. The number of hydrogen-bond donors (Lipinski definition) is 0. The van der Waals surface area contributed by atoms with Crippen molar-refractivity contribution in [3.8, 4) is 33.9 Å². The third-order valence-corrected chi connectivity index (χ3v) is 5.68. The van der Waals surface area contributed by atoms with Crippen molar-refractivity contribution in [2.24, 2.45) is 0 Å². The van der Waals surface area contributed by atoms with E-state index in [-0.39, 0.29) is 11.3 Å². The number of hydrogen-bond acceptors (Lipinski definition) is 4. The summed E-state index contributed by atoms with van der Waals surface area (Å²) >= 11 is 0. The van der Waals surface area contributed by atoms with E-state index in [0.717, 1.165) is 33.9 Å². The van der Waals surface area contributed by atoms with Crippen molar-refractivity contribution in [3.63, 3.8) is 0 Å². The van der Waals surface area contributed by atoms with E-state index in [2.05, 4.69) is 20.8 Å². The van der Waals surface area contributed by atoms with Crippen LogP contribution in [0.15, 0.2) is 79.0 Å². The Balaban J connectivity index is 1.77. The minimum absolute atomic E-state index is 0.0242. The first kappa shape index (κ1) is 22.3. The molecule has 1 aromatic heterocycles. The second-order valence-corrected chi connectivity index (χ2v) is 8.93. The van der Waals surface area contributed by atoms with Gasteiger partial charge in [0.05, 0.1) is 14.2 Å². The van der Waals surface area contributed by atoms with Crippen molar-refractivity contribution < 1.29 is 14.3 Å². The Morgan fingerprint density at radius 1 is 0.758 bits per heavy atom. The van der Waals surface area contributed by atoms with Gasteiger partial charge in [0.2, 0.25) is 0 Å². The lowest BCUT2D eigenvalue weighted by Crippen LogP contribution is -2.14. The van der Waals surface area contributed by atoms with Crippen molar-refractivity contribution in [2.45, 2.75) is 26.2 Å². The van der Waals surface area contributed by atoms with Gasteiger partial charge < -0.3 is 9.47 Å². The minimum atomic E-state index is -0.176. The predicted molar refractivity (Wildman–Crippen MR) is 131 cm³/mol. The van der Waals surface area contributed by atoms with Crippen LogP contribution in [0, 0.1) is 0 Å². The van der Waals surface area contributed by atoms with Crippen LogP contribution in [0.4, 0.5) is 0 Å². The van der Waals surface area contributed by atoms with E-state index in [0.29, 0.717) is 5.56 Å². The van der Waals surface area contributed by atoms with Crippen LogP contribution in [0.5, 0.6) is 11.5 Å². The van der Waals surface area contributed by atoms with Crippen molar-refractivity contribution >= 4 is 5.91 Å². The standard InChI is InChI=1S/C28H28N2O3/c1-28(2,3)22-12-6-21(7-13-22)27(31)30-18-25(19-8-14-23(32-4)15-9-19)26(29-30)20-10-16-24(33-5)17-11-20/h6-18H,1-5H3. The number of methoxy groups -OCH3 is 2. The van der Waals surface area contributed by atoms with Gasteiger partial charge in [-0.15, -0.1) is 0 Å². The molecule has 0 atom stereocenters. The predicted octanol–water partition coefficient (Wildman–Crippen LogP) is 6.22. The summed E-state index contributed by atoms with van der Waals surface area (Å²) in [6.07, 6.45) is 1.79. The van der Waals surface area contributed by atoms with Gasteiger partial charge in [0.15, 0.2) is 0 Å². The molecule has 0 unspecified atom stereocenters. The van der Waals surface area contributed by atoms with E-state index in [1.54, 1.807) is 20.4 Å². The van der Waals surface area contributed by atoms with Gasteiger partial charge >= 0.3 is 0 Å². The third kappa shape index (κ3) is 4.67. The highest BCUT2D eigenvalue weighted by molar-refractivity contribution is 5.97. The van der Waals surface area contributed by atoms with Crippen LogP contribution >= 0.6 is 0 Å². The molecule has 0 spiro atoms. The number of aromatic nitrogens is 2. The molecule has 0 N–H and O–H groups in total. The van der Waals surface area contributed by atoms with Gasteiger partial charge in [0, 0.05) is 22.9 Å². The average Bonchev–Trinajstić information content (AvgIpc) is 3.28. The van der Waals surface area contributed by atoms with Crippen molar-refractivity contribution in [1.82, 2.24) is 9.78 Å². The highest BCUT2D eigenvalue weighted by atomic mass is 16.5. The molecule has 0 fully saturated rings. The Bertz CT molecular complexity index is 1180. The second-order valence-electron chi connectivity index (χ2n) is 8.93. The fraction of sp³-hybridized carbons (Fsp3) is 0.214. The normalized spacial score (nSPS) is 11.3. The first-order valence-corrected chi connectivity index (χ1v) is 10.8. The molecule has 0 amide bonds. The molecule has 168 valence electrons. The van der Waals surface area contributed by atoms with Crippen molar-refractivity contribution in [2.75, 3.05) is 14.2 Å². The summed E-state index contributed by atoms with van der Waals surface area (Å²) in [4.78, 5) is 13.3. The first-order chi connectivity index (χ1) is 15.8. The molecule has 4 aromatic rings. The van der Waals surface area contributed by atoms with E-state index in [1.807, 2.05) is 72.8 Å². The molecule has 0 aliphatic carbocycles. The quantitative estimate of drug-likeness (QED) is 0.370. The number of carbonyl (C=O) groups is 1. The smallest absolute Gasteiger partial charge is 0.278 e. The van der Waals surface area contributed by atoms with Crippen LogP contribution in [0.2, 0.25) is 0 Å². The number of nitrogens with zero attached hydrogens (tertiary/aromatic N) is 2. The molecule has 33 heavy (non-hydrogen) atoms. The molecule has 0 aliphatic heterocycles. The van der Waals surface area contributed by atoms with Crippen LogP contribution in [0.3, 0.4) is 0 Å². The zero-order valence-corrected chi connectivity index (χ0v) is 19.6. The maximum absolute atomic E-state index is 13.3. The van der Waals surface area contributed by atoms with Crippen LogP contribution in [-0.4, -0.2) is 29.9 Å². The van der Waals surface area contributed by atoms with E-state index >= 15 is 0 Å². The van der Waals surface area contributed by atoms with Crippen LogP contribution < -0.4 is 9.47 Å². The molecule has 0 aliphatic rings. The molecule has 5 nitrogen and oxygen atoms in total. The summed E-state index contributed by atoms with van der Waals surface area (Å²) in [5.41, 5.74) is 5.23. The van der Waals surface area contributed by atoms with Gasteiger partial charge in [-0.3, -0.25) is 4.79 Å². The molecule has 0 radical (unpaired) electrons. The molecular weight excluding hydrogens is 412 g/mol. The van der Waals surface area contributed by atoms with E-state index in [9.17, 15) is 4.79 Å². The fourth-order valence-corrected chi connectivity index (χ4v) is 3.67. The summed E-state index contributed by atoms with van der Waals surface area (Å²) < 4.78 is 12.0. The molecule has 1 heterocycles. The Morgan fingerprint density at radius 2 is 1.27 bits per heavy atom. The number of benzene rings is 3. The number of carbonyl (C=O) groups excluding carboxylic acids is 1. The largest absolute Gasteiger partial charge is 0.497 e. The van der Waals surface area contributed by atoms with Gasteiger partial charge in [-0.25, -0.2) is 4.68 Å². The lowest BCUT2D eigenvalue weighted by Gasteiger charge is -2.18. The molecule has 4 rings (SSSR count). The van der Waals surface area contributed by atoms with Crippen molar-refractivity contribution in [3.05, 3.63) is 90.1 Å². The summed E-state index contributed by atoms with van der Waals surface area (Å²) in [6, 6.07) is 23.1. The SMILES string of the molecule is COc1ccc(-c2cn(C(=O)c3ccc(C(C)(C)C)cc3)nc2-c2ccc(OC)cc2)cc1. The topological polar surface area (TPSA) is 53.4 Å². The van der Waals surface area contributed by atoms with E-state index in [4.69, 9.17) is 14.6 Å². The average molecular weight is 441 g/mol. The maximum atomic E-state index is 13.3. The van der Waals surface area contributed by atoms with E-state index < -0.39 is 0 Å². The van der Waals surface area contributed by atoms with Gasteiger partial charge in [-0.1, -0.05) is 45.0 Å². The molecular formula is C28H28N2O3. The molecule has 0 saturated heterocycles. The molecule has 0 saturated carbocycles. The summed E-state index contributed by atoms with van der Waals surface area (Å²) in [7, 11) is 3.27. The Kier molecular flexibility index (Phi) is 6.05. The summed E-state index contributed by atoms with van der Waals surface area (Å²) in [6.45, 7) is 6.46. The summed E-state index contributed by atoms with van der Waals surface area (Å²) in [5, 5.41) is 4.70. The highest BCUT2D eigenvalue weighted by Crippen LogP contribution is 2.33. The minimum Gasteiger partial charge on any atom is -0.497 e. The van der Waals surface area contributed by atoms with Gasteiger partial charge in [-0.05, 0) is 65.1 Å². The van der Waals surface area contributed by atoms with Crippen LogP contribution in [0.25, 0.3) is 22.4 Å². The lowest BCUT2D eigenvalue weighted by molar-refractivity contribution is 0.0945. The molecule has 0 bridgehead atoms. The van der Waals surface area contributed by atoms with Crippen LogP contribution in [0.1, 0.15) is 36.7 Å².